The Morgan fingerprint density at radius 3 is 1.35 bits per heavy atom. The number of nitro benzene ring substituents is 2. The van der Waals surface area contributed by atoms with E-state index in [4.69, 9.17) is 11.5 Å². The van der Waals surface area contributed by atoms with E-state index in [2.05, 4.69) is 31.9 Å². The van der Waals surface area contributed by atoms with Gasteiger partial charge in [-0.1, -0.05) is 0 Å². The monoisotopic (exact) mass is 484 g/mol. The fraction of sp³-hybridized carbons (Fsp3) is 0. The number of rotatable bonds is 2. The summed E-state index contributed by atoms with van der Waals surface area (Å²) in [6.45, 7) is 0. The van der Waals surface area contributed by atoms with Gasteiger partial charge >= 0.3 is 0 Å². The normalized spacial score (nSPS) is 12.5. The van der Waals surface area contributed by atoms with Crippen LogP contribution in [0.5, 0.6) is 0 Å². The van der Waals surface area contributed by atoms with Crippen LogP contribution >= 0.6 is 31.9 Å². The zero-order chi connectivity index (χ0) is 19.5. The molecule has 26 heavy (non-hydrogen) atoms. The van der Waals surface area contributed by atoms with Crippen LogP contribution in [0.15, 0.2) is 21.1 Å². The number of carbonyl (C=O) groups is 2. The molecule has 0 fully saturated rings. The maximum Gasteiger partial charge on any atom is 0.282 e. The number of anilines is 2. The second-order valence-corrected chi connectivity index (χ2v) is 6.96. The van der Waals surface area contributed by atoms with Crippen molar-refractivity contribution in [2.75, 3.05) is 11.5 Å². The molecular formula is C14H6Br2N4O6. The van der Waals surface area contributed by atoms with E-state index in [1.54, 1.807) is 0 Å². The van der Waals surface area contributed by atoms with Gasteiger partial charge in [0.15, 0.2) is 5.78 Å². The molecule has 1 aliphatic carbocycles. The van der Waals surface area contributed by atoms with E-state index in [1.807, 2.05) is 0 Å². The van der Waals surface area contributed by atoms with E-state index in [0.29, 0.717) is 0 Å². The van der Waals surface area contributed by atoms with Crippen molar-refractivity contribution in [1.29, 1.82) is 0 Å². The molecule has 132 valence electrons. The number of nitrogens with two attached hydrogens (primary N) is 2. The topological polar surface area (TPSA) is 172 Å². The van der Waals surface area contributed by atoms with Gasteiger partial charge in [-0.05, 0) is 31.9 Å². The second kappa shape index (κ2) is 5.85. The Morgan fingerprint density at radius 1 is 0.731 bits per heavy atom. The molecule has 0 unspecified atom stereocenters. The van der Waals surface area contributed by atoms with Crippen LogP contribution in [0.1, 0.15) is 31.8 Å². The minimum Gasteiger partial charge on any atom is -0.397 e. The van der Waals surface area contributed by atoms with E-state index in [9.17, 15) is 29.8 Å². The largest absolute Gasteiger partial charge is 0.397 e. The summed E-state index contributed by atoms with van der Waals surface area (Å²) in [6, 6.07) is 1.94. The van der Waals surface area contributed by atoms with E-state index < -0.39 is 55.0 Å². The predicted octanol–water partition coefficient (Wildman–Crippen LogP) is 2.97. The molecule has 0 spiro atoms. The molecular weight excluding hydrogens is 480 g/mol. The van der Waals surface area contributed by atoms with Crippen LogP contribution in [0.4, 0.5) is 22.7 Å². The molecule has 0 saturated carbocycles. The highest BCUT2D eigenvalue weighted by molar-refractivity contribution is 9.11. The quantitative estimate of drug-likeness (QED) is 0.316. The lowest BCUT2D eigenvalue weighted by molar-refractivity contribution is -0.385. The van der Waals surface area contributed by atoms with Gasteiger partial charge in [0.1, 0.15) is 11.1 Å². The van der Waals surface area contributed by atoms with Crippen LogP contribution in [0.25, 0.3) is 0 Å². The van der Waals surface area contributed by atoms with Crippen molar-refractivity contribution >= 4 is 66.2 Å². The van der Waals surface area contributed by atoms with Crippen LogP contribution < -0.4 is 11.5 Å². The zero-order valence-electron chi connectivity index (χ0n) is 12.4. The van der Waals surface area contributed by atoms with Crippen molar-refractivity contribution in [3.05, 3.63) is 63.6 Å². The minimum atomic E-state index is -1.06. The van der Waals surface area contributed by atoms with Gasteiger partial charge in [0.2, 0.25) is 5.78 Å². The van der Waals surface area contributed by atoms with Crippen molar-refractivity contribution < 1.29 is 19.4 Å². The van der Waals surface area contributed by atoms with Crippen molar-refractivity contribution in [2.24, 2.45) is 0 Å². The number of nitrogens with zero attached hydrogens (tertiary/aromatic N) is 2. The summed E-state index contributed by atoms with van der Waals surface area (Å²) in [7, 11) is 0. The molecule has 2 aromatic rings. The fourth-order valence-corrected chi connectivity index (χ4v) is 3.60. The lowest BCUT2D eigenvalue weighted by Gasteiger charge is -2.21. The highest BCUT2D eigenvalue weighted by Gasteiger charge is 2.43. The van der Waals surface area contributed by atoms with Crippen molar-refractivity contribution in [2.45, 2.75) is 0 Å². The van der Waals surface area contributed by atoms with Gasteiger partial charge in [-0.2, -0.15) is 0 Å². The molecule has 0 atom stereocenters. The van der Waals surface area contributed by atoms with Gasteiger partial charge in [0.05, 0.1) is 32.3 Å². The third-order valence-electron chi connectivity index (χ3n) is 3.89. The van der Waals surface area contributed by atoms with E-state index in [0.717, 1.165) is 12.1 Å². The lowest BCUT2D eigenvalue weighted by atomic mass is 9.81. The average molecular weight is 486 g/mol. The molecule has 2 aromatic carbocycles. The minimum absolute atomic E-state index is 0.0376. The summed E-state index contributed by atoms with van der Waals surface area (Å²) in [5, 5.41) is 22.7. The van der Waals surface area contributed by atoms with Crippen LogP contribution in [0, 0.1) is 20.2 Å². The Kier molecular flexibility index (Phi) is 4.04. The number of fused-ring (bicyclic) bond motifs is 2. The Balaban J connectivity index is 2.54. The first-order chi connectivity index (χ1) is 12.1. The van der Waals surface area contributed by atoms with Crippen LogP contribution in [0.3, 0.4) is 0 Å². The van der Waals surface area contributed by atoms with E-state index in [1.165, 1.54) is 0 Å². The molecule has 4 N–H and O–H groups in total. The SMILES string of the molecule is Nc1c(Br)cc([N+](=O)[O-])c2c1C(=O)c1c(N)c(Br)cc([N+](=O)[O-])c1C2=O. The molecule has 10 nitrogen and oxygen atoms in total. The third kappa shape index (κ3) is 2.29. The number of hydrogen-bond acceptors (Lipinski definition) is 8. The fourth-order valence-electron chi connectivity index (χ4n) is 2.77. The average Bonchev–Trinajstić information content (AvgIpc) is 2.56. The molecule has 0 saturated heterocycles. The van der Waals surface area contributed by atoms with Crippen LogP contribution in [0.2, 0.25) is 0 Å². The second-order valence-electron chi connectivity index (χ2n) is 5.25. The molecule has 0 aromatic heterocycles. The summed E-state index contributed by atoms with van der Waals surface area (Å²) in [5.41, 5.74) is 7.87. The van der Waals surface area contributed by atoms with Gasteiger partial charge in [-0.15, -0.1) is 0 Å². The van der Waals surface area contributed by atoms with Gasteiger partial charge in [-0.25, -0.2) is 0 Å². The Hall–Kier alpha value is -2.86. The van der Waals surface area contributed by atoms with Crippen LogP contribution in [-0.4, -0.2) is 21.4 Å². The molecule has 0 bridgehead atoms. The summed E-state index contributed by atoms with van der Waals surface area (Å²) in [4.78, 5) is 46.9. The van der Waals surface area contributed by atoms with E-state index >= 15 is 0 Å². The Bertz CT molecular complexity index is 1000. The third-order valence-corrected chi connectivity index (χ3v) is 5.21. The summed E-state index contributed by atoms with van der Waals surface area (Å²) >= 11 is 6.02. The Labute approximate surface area is 160 Å². The van der Waals surface area contributed by atoms with Gasteiger partial charge in [0.25, 0.3) is 11.4 Å². The van der Waals surface area contributed by atoms with Crippen molar-refractivity contribution in [3.8, 4) is 0 Å². The standard InChI is InChI=1S/C14H6Br2N4O6/c15-3-1-5(19(23)24)7-9(11(3)17)14(22)10-8(13(7)21)6(20(25)26)2-4(16)12(10)18/h1-2H,17-18H2. The predicted molar refractivity (Wildman–Crippen MR) is 97.3 cm³/mol. The first-order valence-corrected chi connectivity index (χ1v) is 8.28. The molecule has 12 heteroatoms. The molecule has 0 heterocycles. The summed E-state index contributed by atoms with van der Waals surface area (Å²) < 4.78 is 0.0752. The highest BCUT2D eigenvalue weighted by atomic mass is 79.9. The maximum absolute atomic E-state index is 13.0. The molecule has 0 amide bonds. The van der Waals surface area contributed by atoms with Crippen molar-refractivity contribution in [3.63, 3.8) is 0 Å². The molecule has 0 aliphatic heterocycles. The highest BCUT2D eigenvalue weighted by Crippen LogP contribution is 2.45. The lowest BCUT2D eigenvalue weighted by Crippen LogP contribution is -2.26. The van der Waals surface area contributed by atoms with Gasteiger partial charge in [0, 0.05) is 21.1 Å². The number of nitro groups is 2. The van der Waals surface area contributed by atoms with E-state index in [-0.39, 0.29) is 20.3 Å². The van der Waals surface area contributed by atoms with Gasteiger partial charge < -0.3 is 11.5 Å². The number of nitrogen functional groups attached to an aromatic ring is 2. The maximum atomic E-state index is 13.0. The summed E-state index contributed by atoms with van der Waals surface area (Å²) in [5.74, 6) is -1.97. The smallest absolute Gasteiger partial charge is 0.282 e. The molecule has 3 rings (SSSR count). The number of ketones is 2. The first kappa shape index (κ1) is 17.9. The zero-order valence-corrected chi connectivity index (χ0v) is 15.6. The number of halogens is 2. The van der Waals surface area contributed by atoms with Crippen molar-refractivity contribution in [1.82, 2.24) is 0 Å². The summed E-state index contributed by atoms with van der Waals surface area (Å²) in [6.07, 6.45) is 0. The molecule has 0 radical (unpaired) electrons. The number of carbonyl (C=O) groups excluding carboxylic acids is 2. The number of hydrogen-bond donors (Lipinski definition) is 2. The molecule has 1 aliphatic rings. The van der Waals surface area contributed by atoms with Crippen LogP contribution in [-0.2, 0) is 0 Å². The van der Waals surface area contributed by atoms with Gasteiger partial charge in [-0.3, -0.25) is 29.8 Å². The Morgan fingerprint density at radius 2 is 1.04 bits per heavy atom. The number of benzene rings is 2. The first-order valence-electron chi connectivity index (χ1n) is 6.70.